The van der Waals surface area contributed by atoms with Gasteiger partial charge in [-0.2, -0.15) is 5.10 Å². The Bertz CT molecular complexity index is 1000. The molecule has 0 saturated carbocycles. The van der Waals surface area contributed by atoms with Gasteiger partial charge in [0.25, 0.3) is 0 Å². The van der Waals surface area contributed by atoms with Gasteiger partial charge in [0.1, 0.15) is 5.82 Å². The molecule has 0 radical (unpaired) electrons. The number of hydrogen-bond donors (Lipinski definition) is 1. The monoisotopic (exact) mass is 363 g/mol. The first kappa shape index (κ1) is 17.5. The SMILES string of the molecule is CCc1cccc(C)c1N1CC(c2ncc(-c3cn(C)nc3C)[nH]2)CC1=O. The largest absolute Gasteiger partial charge is 0.342 e. The van der Waals surface area contributed by atoms with Crippen LogP contribution in [0.2, 0.25) is 0 Å². The van der Waals surface area contributed by atoms with Crippen LogP contribution >= 0.6 is 0 Å². The Morgan fingerprint density at radius 3 is 2.81 bits per heavy atom. The van der Waals surface area contributed by atoms with Crippen LogP contribution in [0.25, 0.3) is 11.3 Å². The van der Waals surface area contributed by atoms with Gasteiger partial charge in [0.05, 0.1) is 17.6 Å². The lowest BCUT2D eigenvalue weighted by atomic mass is 10.0. The van der Waals surface area contributed by atoms with Crippen molar-refractivity contribution in [2.45, 2.75) is 39.5 Å². The molecule has 2 aromatic heterocycles. The Labute approximate surface area is 159 Å². The molecule has 1 fully saturated rings. The number of H-pyrrole nitrogens is 1. The lowest BCUT2D eigenvalue weighted by Crippen LogP contribution is -2.26. The number of rotatable bonds is 4. The molecule has 1 atom stereocenters. The number of nitrogens with one attached hydrogen (secondary N) is 1. The van der Waals surface area contributed by atoms with Crippen LogP contribution in [-0.2, 0) is 18.3 Å². The zero-order chi connectivity index (χ0) is 19.1. The van der Waals surface area contributed by atoms with E-state index in [9.17, 15) is 4.79 Å². The van der Waals surface area contributed by atoms with Crippen molar-refractivity contribution in [3.8, 4) is 11.3 Å². The van der Waals surface area contributed by atoms with Gasteiger partial charge in [-0.3, -0.25) is 9.48 Å². The molecule has 1 N–H and O–H groups in total. The first-order chi connectivity index (χ1) is 13.0. The zero-order valence-electron chi connectivity index (χ0n) is 16.3. The number of hydrogen-bond acceptors (Lipinski definition) is 3. The summed E-state index contributed by atoms with van der Waals surface area (Å²) in [6.07, 6.45) is 5.23. The summed E-state index contributed by atoms with van der Waals surface area (Å²) in [5.41, 5.74) is 6.40. The number of carbonyl (C=O) groups is 1. The highest BCUT2D eigenvalue weighted by atomic mass is 16.2. The van der Waals surface area contributed by atoms with Gasteiger partial charge < -0.3 is 9.88 Å². The van der Waals surface area contributed by atoms with Crippen molar-refractivity contribution in [3.05, 3.63) is 53.2 Å². The van der Waals surface area contributed by atoms with Crippen LogP contribution in [0.4, 0.5) is 5.69 Å². The van der Waals surface area contributed by atoms with Crippen molar-refractivity contribution in [2.24, 2.45) is 7.05 Å². The number of carbonyl (C=O) groups excluding carboxylic acids is 1. The average Bonchev–Trinajstić information content (AvgIpc) is 3.33. The molecule has 1 aliphatic heterocycles. The molecule has 140 valence electrons. The molecule has 1 aromatic carbocycles. The predicted octanol–water partition coefficient (Wildman–Crippen LogP) is 3.51. The minimum Gasteiger partial charge on any atom is -0.342 e. The van der Waals surface area contributed by atoms with Gasteiger partial charge in [0.2, 0.25) is 5.91 Å². The lowest BCUT2D eigenvalue weighted by molar-refractivity contribution is -0.117. The van der Waals surface area contributed by atoms with E-state index in [1.165, 1.54) is 5.56 Å². The summed E-state index contributed by atoms with van der Waals surface area (Å²) in [7, 11) is 1.91. The summed E-state index contributed by atoms with van der Waals surface area (Å²) in [5.74, 6) is 1.11. The van der Waals surface area contributed by atoms with Crippen LogP contribution in [0, 0.1) is 13.8 Å². The van der Waals surface area contributed by atoms with Gasteiger partial charge in [0, 0.05) is 43.4 Å². The first-order valence-electron chi connectivity index (χ1n) is 9.42. The van der Waals surface area contributed by atoms with Crippen LogP contribution in [0.3, 0.4) is 0 Å². The Morgan fingerprint density at radius 2 is 2.11 bits per heavy atom. The smallest absolute Gasteiger partial charge is 0.227 e. The molecular weight excluding hydrogens is 338 g/mol. The number of aromatic amines is 1. The third-order valence-electron chi connectivity index (χ3n) is 5.38. The van der Waals surface area contributed by atoms with Crippen molar-refractivity contribution < 1.29 is 4.79 Å². The number of imidazole rings is 1. The summed E-state index contributed by atoms with van der Waals surface area (Å²) in [6.45, 7) is 6.85. The van der Waals surface area contributed by atoms with Gasteiger partial charge in [-0.15, -0.1) is 0 Å². The second kappa shape index (κ2) is 6.68. The summed E-state index contributed by atoms with van der Waals surface area (Å²) in [6, 6.07) is 6.25. The molecule has 1 saturated heterocycles. The fourth-order valence-corrected chi connectivity index (χ4v) is 4.04. The quantitative estimate of drug-likeness (QED) is 0.771. The van der Waals surface area contributed by atoms with Crippen molar-refractivity contribution in [1.82, 2.24) is 19.7 Å². The van der Waals surface area contributed by atoms with E-state index in [1.54, 1.807) is 4.68 Å². The van der Waals surface area contributed by atoms with Crippen molar-refractivity contribution >= 4 is 11.6 Å². The van der Waals surface area contributed by atoms with E-state index in [0.717, 1.165) is 40.4 Å². The first-order valence-corrected chi connectivity index (χ1v) is 9.42. The van der Waals surface area contributed by atoms with Gasteiger partial charge >= 0.3 is 0 Å². The number of nitrogens with zero attached hydrogens (tertiary/aromatic N) is 4. The maximum atomic E-state index is 12.8. The summed E-state index contributed by atoms with van der Waals surface area (Å²) in [4.78, 5) is 22.7. The Morgan fingerprint density at radius 1 is 1.30 bits per heavy atom. The van der Waals surface area contributed by atoms with E-state index in [4.69, 9.17) is 0 Å². The second-order valence-electron chi connectivity index (χ2n) is 7.33. The average molecular weight is 363 g/mol. The molecule has 1 aliphatic rings. The third kappa shape index (κ3) is 3.05. The zero-order valence-corrected chi connectivity index (χ0v) is 16.3. The number of aryl methyl sites for hydroxylation is 4. The molecule has 6 heteroatoms. The maximum Gasteiger partial charge on any atom is 0.227 e. The van der Waals surface area contributed by atoms with E-state index in [-0.39, 0.29) is 11.8 Å². The number of aromatic nitrogens is 4. The lowest BCUT2D eigenvalue weighted by Gasteiger charge is -2.22. The normalized spacial score (nSPS) is 17.1. The van der Waals surface area contributed by atoms with Crippen LogP contribution < -0.4 is 4.90 Å². The van der Waals surface area contributed by atoms with Crippen LogP contribution in [0.1, 0.15) is 41.9 Å². The van der Waals surface area contributed by atoms with Gasteiger partial charge in [-0.1, -0.05) is 25.1 Å². The van der Waals surface area contributed by atoms with Gasteiger partial charge in [-0.05, 0) is 31.4 Å². The molecule has 3 aromatic rings. The van der Waals surface area contributed by atoms with E-state index < -0.39 is 0 Å². The molecule has 0 aliphatic carbocycles. The van der Waals surface area contributed by atoms with E-state index in [2.05, 4.69) is 47.1 Å². The topological polar surface area (TPSA) is 66.8 Å². The van der Waals surface area contributed by atoms with Crippen LogP contribution in [0.15, 0.2) is 30.6 Å². The predicted molar refractivity (Wildman–Crippen MR) is 106 cm³/mol. The van der Waals surface area contributed by atoms with Crippen LogP contribution in [-0.4, -0.2) is 32.2 Å². The van der Waals surface area contributed by atoms with Crippen molar-refractivity contribution in [3.63, 3.8) is 0 Å². The van der Waals surface area contributed by atoms with Gasteiger partial charge in [0.15, 0.2) is 0 Å². The number of para-hydroxylation sites is 1. The molecule has 1 unspecified atom stereocenters. The number of anilines is 1. The van der Waals surface area contributed by atoms with E-state index in [1.807, 2.05) is 31.3 Å². The fourth-order valence-electron chi connectivity index (χ4n) is 4.04. The number of amides is 1. The maximum absolute atomic E-state index is 12.8. The molecule has 0 bridgehead atoms. The highest BCUT2D eigenvalue weighted by Crippen LogP contribution is 2.35. The minimum atomic E-state index is 0.0764. The molecule has 1 amide bonds. The minimum absolute atomic E-state index is 0.0764. The van der Waals surface area contributed by atoms with Gasteiger partial charge in [-0.25, -0.2) is 4.98 Å². The summed E-state index contributed by atoms with van der Waals surface area (Å²) >= 11 is 0. The molecule has 27 heavy (non-hydrogen) atoms. The second-order valence-corrected chi connectivity index (χ2v) is 7.33. The van der Waals surface area contributed by atoms with Crippen LogP contribution in [0.5, 0.6) is 0 Å². The van der Waals surface area contributed by atoms with Crippen molar-refractivity contribution in [1.29, 1.82) is 0 Å². The number of benzene rings is 1. The summed E-state index contributed by atoms with van der Waals surface area (Å²) in [5, 5.41) is 4.39. The fraction of sp³-hybridized carbons (Fsp3) is 0.381. The highest BCUT2D eigenvalue weighted by molar-refractivity contribution is 5.97. The molecule has 4 rings (SSSR count). The summed E-state index contributed by atoms with van der Waals surface area (Å²) < 4.78 is 1.80. The standard InChI is InChI=1S/C21H25N5O/c1-5-15-8-6-7-13(2)20(15)26-11-16(9-19(26)27)21-22-10-18(23-21)17-12-25(4)24-14(17)3/h6-8,10,12,16H,5,9,11H2,1-4H3,(H,22,23). The Hall–Kier alpha value is -2.89. The highest BCUT2D eigenvalue weighted by Gasteiger charge is 2.34. The Kier molecular flexibility index (Phi) is 4.34. The Balaban J connectivity index is 1.61. The van der Waals surface area contributed by atoms with E-state index in [0.29, 0.717) is 13.0 Å². The molecule has 6 nitrogen and oxygen atoms in total. The van der Waals surface area contributed by atoms with Crippen molar-refractivity contribution in [2.75, 3.05) is 11.4 Å². The van der Waals surface area contributed by atoms with E-state index >= 15 is 0 Å². The molecule has 3 heterocycles. The third-order valence-corrected chi connectivity index (χ3v) is 5.38. The molecule has 0 spiro atoms. The molecular formula is C21H25N5O.